The van der Waals surface area contributed by atoms with Gasteiger partial charge >= 0.3 is 0 Å². The van der Waals surface area contributed by atoms with Crippen LogP contribution in [0.2, 0.25) is 5.02 Å². The second-order valence-electron chi connectivity index (χ2n) is 7.27. The van der Waals surface area contributed by atoms with Crippen LogP contribution in [0.25, 0.3) is 0 Å². The van der Waals surface area contributed by atoms with Crippen LogP contribution >= 0.6 is 11.6 Å². The van der Waals surface area contributed by atoms with Crippen molar-refractivity contribution in [2.75, 3.05) is 19.8 Å². The molecule has 1 unspecified atom stereocenters. The third-order valence-corrected chi connectivity index (χ3v) is 4.86. The molecule has 0 fully saturated rings. The third kappa shape index (κ3) is 4.84. The second kappa shape index (κ2) is 8.98. The lowest BCUT2D eigenvalue weighted by atomic mass is 9.88. The Morgan fingerprint density at radius 1 is 0.923 bits per heavy atom. The average molecular weight is 378 g/mol. The maximum absolute atomic E-state index is 10.2. The lowest BCUT2D eigenvalue weighted by molar-refractivity contribution is -0.286. The fourth-order valence-corrected chi connectivity index (χ4v) is 3.16. The van der Waals surface area contributed by atoms with Gasteiger partial charge in [-0.2, -0.15) is 5.06 Å². The van der Waals surface area contributed by atoms with Gasteiger partial charge < -0.3 is 10.2 Å². The number of hydrogen-bond acceptors (Lipinski definition) is 4. The van der Waals surface area contributed by atoms with Gasteiger partial charge in [0.1, 0.15) is 0 Å². The largest absolute Gasteiger partial charge is 0.394 e. The van der Waals surface area contributed by atoms with Crippen molar-refractivity contribution in [3.05, 3.63) is 70.7 Å². The smallest absolute Gasteiger partial charge is 0.0920 e. The predicted molar refractivity (Wildman–Crippen MR) is 105 cm³/mol. The van der Waals surface area contributed by atoms with Crippen LogP contribution in [0, 0.1) is 0 Å². The molecule has 2 aromatic carbocycles. The van der Waals surface area contributed by atoms with Crippen LogP contribution in [0.3, 0.4) is 0 Å². The molecule has 0 radical (unpaired) electrons. The average Bonchev–Trinajstić information content (AvgIpc) is 2.66. The molecule has 0 aliphatic rings. The van der Waals surface area contributed by atoms with E-state index in [0.717, 1.165) is 12.0 Å². The van der Waals surface area contributed by atoms with E-state index in [4.69, 9.17) is 16.4 Å². The monoisotopic (exact) mass is 377 g/mol. The lowest BCUT2D eigenvalue weighted by Gasteiger charge is -2.47. The van der Waals surface area contributed by atoms with Gasteiger partial charge in [-0.05, 0) is 50.5 Å². The summed E-state index contributed by atoms with van der Waals surface area (Å²) >= 11 is 6.01. The van der Waals surface area contributed by atoms with Crippen LogP contribution in [0.1, 0.15) is 31.9 Å². The molecule has 2 rings (SSSR count). The molecule has 142 valence electrons. The SMILES string of the molecule is CC(C)(CO)N(OCCc1ccccc1)C(C)(CO)c1ccc(Cl)cc1. The highest BCUT2D eigenvalue weighted by atomic mass is 35.5. The second-order valence-corrected chi connectivity index (χ2v) is 7.71. The molecule has 2 N–H and O–H groups in total. The molecule has 0 saturated carbocycles. The molecule has 0 aliphatic heterocycles. The van der Waals surface area contributed by atoms with Gasteiger partial charge in [-0.1, -0.05) is 54.1 Å². The zero-order valence-electron chi connectivity index (χ0n) is 15.7. The van der Waals surface area contributed by atoms with Gasteiger partial charge in [0, 0.05) is 5.02 Å². The summed E-state index contributed by atoms with van der Waals surface area (Å²) in [4.78, 5) is 6.12. The molecule has 0 aromatic heterocycles. The molecule has 2 aromatic rings. The molecule has 0 bridgehead atoms. The molecular weight excluding hydrogens is 350 g/mol. The summed E-state index contributed by atoms with van der Waals surface area (Å²) in [6, 6.07) is 17.4. The maximum atomic E-state index is 10.2. The van der Waals surface area contributed by atoms with Crippen molar-refractivity contribution in [2.45, 2.75) is 38.3 Å². The Hall–Kier alpha value is -1.43. The topological polar surface area (TPSA) is 52.9 Å². The van der Waals surface area contributed by atoms with E-state index < -0.39 is 11.1 Å². The minimum atomic E-state index is -0.826. The van der Waals surface area contributed by atoms with E-state index in [9.17, 15) is 10.2 Å². The zero-order chi connectivity index (χ0) is 19.2. The number of aliphatic hydroxyl groups excluding tert-OH is 2. The normalized spacial score (nSPS) is 14.4. The van der Waals surface area contributed by atoms with E-state index in [2.05, 4.69) is 12.1 Å². The first-order valence-corrected chi connectivity index (χ1v) is 9.16. The van der Waals surface area contributed by atoms with Crippen LogP contribution < -0.4 is 0 Å². The summed E-state index contributed by atoms with van der Waals surface area (Å²) in [7, 11) is 0. The fraction of sp³-hybridized carbons (Fsp3) is 0.429. The van der Waals surface area contributed by atoms with Crippen molar-refractivity contribution in [3.8, 4) is 0 Å². The minimum absolute atomic E-state index is 0.110. The van der Waals surface area contributed by atoms with Crippen LogP contribution in [-0.4, -0.2) is 40.6 Å². The van der Waals surface area contributed by atoms with Crippen molar-refractivity contribution in [1.82, 2.24) is 5.06 Å². The Morgan fingerprint density at radius 3 is 2.08 bits per heavy atom. The quantitative estimate of drug-likeness (QED) is 0.653. The Kier molecular flexibility index (Phi) is 7.21. The molecule has 0 aliphatic carbocycles. The van der Waals surface area contributed by atoms with Gasteiger partial charge in [0.2, 0.25) is 0 Å². The van der Waals surface area contributed by atoms with E-state index in [1.165, 1.54) is 5.56 Å². The van der Waals surface area contributed by atoms with E-state index in [1.54, 1.807) is 17.2 Å². The summed E-state index contributed by atoms with van der Waals surface area (Å²) < 4.78 is 0. The summed E-state index contributed by atoms with van der Waals surface area (Å²) in [6.07, 6.45) is 0.737. The zero-order valence-corrected chi connectivity index (χ0v) is 16.4. The van der Waals surface area contributed by atoms with E-state index in [0.29, 0.717) is 11.6 Å². The standard InChI is InChI=1S/C21H28ClNO3/c1-20(2,15-24)23(26-14-13-17-7-5-4-6-8-17)21(3,16-25)18-9-11-19(22)12-10-18/h4-12,24-25H,13-16H2,1-3H3. The third-order valence-electron chi connectivity index (χ3n) is 4.61. The van der Waals surface area contributed by atoms with Crippen LogP contribution in [0.5, 0.6) is 0 Å². The Bertz CT molecular complexity index is 675. The summed E-state index contributed by atoms with van der Waals surface area (Å²) in [5, 5.41) is 22.5. The number of aliphatic hydroxyl groups is 2. The number of hydroxylamine groups is 2. The molecule has 0 amide bonds. The van der Waals surface area contributed by atoms with Gasteiger partial charge in [0.15, 0.2) is 0 Å². The number of benzene rings is 2. The highest BCUT2D eigenvalue weighted by Crippen LogP contribution is 2.35. The number of halogens is 1. The molecular formula is C21H28ClNO3. The summed E-state index contributed by atoms with van der Waals surface area (Å²) in [6.45, 7) is 5.84. The van der Waals surface area contributed by atoms with Gasteiger partial charge in [-0.25, -0.2) is 0 Å². The van der Waals surface area contributed by atoms with Crippen LogP contribution in [-0.2, 0) is 16.8 Å². The van der Waals surface area contributed by atoms with Crippen molar-refractivity contribution < 1.29 is 15.1 Å². The highest BCUT2D eigenvalue weighted by molar-refractivity contribution is 6.30. The Morgan fingerprint density at radius 2 is 1.54 bits per heavy atom. The van der Waals surface area contributed by atoms with Gasteiger partial charge in [0.05, 0.1) is 30.9 Å². The summed E-state index contributed by atoms with van der Waals surface area (Å²) in [5.74, 6) is 0. The highest BCUT2D eigenvalue weighted by Gasteiger charge is 2.43. The summed E-state index contributed by atoms with van der Waals surface area (Å²) in [5.41, 5.74) is 0.526. The molecule has 0 saturated heterocycles. The molecule has 26 heavy (non-hydrogen) atoms. The number of hydrogen-bond donors (Lipinski definition) is 2. The van der Waals surface area contributed by atoms with Gasteiger partial charge in [0.25, 0.3) is 0 Å². The molecule has 0 spiro atoms. The molecule has 4 nitrogen and oxygen atoms in total. The Labute approximate surface area is 160 Å². The van der Waals surface area contributed by atoms with Crippen molar-refractivity contribution in [1.29, 1.82) is 0 Å². The molecule has 5 heteroatoms. The fourth-order valence-electron chi connectivity index (χ4n) is 3.03. The lowest BCUT2D eigenvalue weighted by Crippen LogP contribution is -2.58. The van der Waals surface area contributed by atoms with E-state index in [-0.39, 0.29) is 13.2 Å². The van der Waals surface area contributed by atoms with Crippen LogP contribution in [0.4, 0.5) is 0 Å². The van der Waals surface area contributed by atoms with Crippen LogP contribution in [0.15, 0.2) is 54.6 Å². The van der Waals surface area contributed by atoms with Crippen molar-refractivity contribution >= 4 is 11.6 Å². The minimum Gasteiger partial charge on any atom is -0.394 e. The van der Waals surface area contributed by atoms with E-state index in [1.807, 2.05) is 51.1 Å². The van der Waals surface area contributed by atoms with Crippen molar-refractivity contribution in [2.24, 2.45) is 0 Å². The molecule has 0 heterocycles. The van der Waals surface area contributed by atoms with Crippen molar-refractivity contribution in [3.63, 3.8) is 0 Å². The first-order valence-electron chi connectivity index (χ1n) is 8.78. The Balaban J connectivity index is 2.25. The number of rotatable bonds is 9. The first kappa shape index (κ1) is 20.9. The maximum Gasteiger partial charge on any atom is 0.0920 e. The van der Waals surface area contributed by atoms with Gasteiger partial charge in [-0.15, -0.1) is 0 Å². The molecule has 1 atom stereocenters. The van der Waals surface area contributed by atoms with E-state index >= 15 is 0 Å². The first-order chi connectivity index (χ1) is 12.3. The number of nitrogens with zero attached hydrogens (tertiary/aromatic N) is 1. The predicted octanol–water partition coefficient (Wildman–Crippen LogP) is 3.79. The van der Waals surface area contributed by atoms with Gasteiger partial charge in [-0.3, -0.25) is 4.84 Å².